The lowest BCUT2D eigenvalue weighted by Gasteiger charge is -2.16. The van der Waals surface area contributed by atoms with E-state index >= 15 is 0 Å². The first-order valence-electron chi connectivity index (χ1n) is 9.56. The second kappa shape index (κ2) is 9.09. The van der Waals surface area contributed by atoms with Crippen molar-refractivity contribution in [1.82, 2.24) is 0 Å². The van der Waals surface area contributed by atoms with E-state index in [1.165, 1.54) is 35.4 Å². The van der Waals surface area contributed by atoms with Gasteiger partial charge in [-0.3, -0.25) is 9.59 Å². The minimum absolute atomic E-state index is 0.136. The van der Waals surface area contributed by atoms with Gasteiger partial charge in [0.15, 0.2) is 17.3 Å². The third-order valence-electron chi connectivity index (χ3n) is 5.06. The normalized spacial score (nSPS) is 15.7. The summed E-state index contributed by atoms with van der Waals surface area (Å²) in [6.45, 7) is 1.40. The Balaban J connectivity index is 2.22. The summed E-state index contributed by atoms with van der Waals surface area (Å²) in [5, 5.41) is 13.1. The van der Waals surface area contributed by atoms with Gasteiger partial charge in [-0.2, -0.15) is 0 Å². The van der Waals surface area contributed by atoms with Crippen molar-refractivity contribution in [3.63, 3.8) is 0 Å². The van der Waals surface area contributed by atoms with Gasteiger partial charge in [0, 0.05) is 18.9 Å². The summed E-state index contributed by atoms with van der Waals surface area (Å²) in [4.78, 5) is 24.5. The predicted molar refractivity (Wildman–Crippen MR) is 116 cm³/mol. The van der Waals surface area contributed by atoms with Crippen molar-refractivity contribution < 1.29 is 33.6 Å². The summed E-state index contributed by atoms with van der Waals surface area (Å²) in [5.41, 5.74) is 2.67. The Bertz CT molecular complexity index is 1030. The summed E-state index contributed by atoms with van der Waals surface area (Å²) >= 11 is 0. The third kappa shape index (κ3) is 4.20. The molecule has 0 radical (unpaired) electrons. The molecule has 0 aromatic heterocycles. The average molecular weight is 427 g/mol. The van der Waals surface area contributed by atoms with Crippen LogP contribution in [0.4, 0.5) is 5.69 Å². The first-order chi connectivity index (χ1) is 14.8. The van der Waals surface area contributed by atoms with Crippen molar-refractivity contribution >= 4 is 28.5 Å². The molecular formula is C23H25NO7. The molecule has 2 N–H and O–H groups in total. The van der Waals surface area contributed by atoms with E-state index in [0.29, 0.717) is 51.0 Å². The number of carbonyl (C=O) groups is 2. The van der Waals surface area contributed by atoms with E-state index in [2.05, 4.69) is 5.32 Å². The molecule has 0 saturated heterocycles. The van der Waals surface area contributed by atoms with Gasteiger partial charge in [0.05, 0.1) is 34.1 Å². The van der Waals surface area contributed by atoms with Crippen molar-refractivity contribution in [2.75, 3.05) is 33.8 Å². The minimum atomic E-state index is -1.17. The van der Waals surface area contributed by atoms with E-state index in [-0.39, 0.29) is 12.3 Å². The molecule has 8 heteroatoms. The van der Waals surface area contributed by atoms with Gasteiger partial charge in [0.2, 0.25) is 11.7 Å². The summed E-state index contributed by atoms with van der Waals surface area (Å²) in [7, 11) is 5.98. The van der Waals surface area contributed by atoms with Crippen LogP contribution in [-0.4, -0.2) is 51.3 Å². The maximum absolute atomic E-state index is 12.9. The quantitative estimate of drug-likeness (QED) is 0.700. The summed E-state index contributed by atoms with van der Waals surface area (Å²) in [5.74, 6) is 1.02. The molecule has 2 aromatic carbocycles. The van der Waals surface area contributed by atoms with Gasteiger partial charge in [0.1, 0.15) is 11.9 Å². The highest BCUT2D eigenvalue weighted by molar-refractivity contribution is 6.33. The number of aliphatic hydroxyl groups is 1. The fraction of sp³-hybridized carbons (Fsp3) is 0.304. The molecule has 0 heterocycles. The molecule has 1 atom stereocenters. The molecule has 1 aliphatic carbocycles. The van der Waals surface area contributed by atoms with Crippen LogP contribution in [-0.2, 0) is 9.59 Å². The van der Waals surface area contributed by atoms with Crippen LogP contribution in [0.5, 0.6) is 23.0 Å². The number of ether oxygens (including phenoxy) is 4. The molecule has 8 nitrogen and oxygen atoms in total. The van der Waals surface area contributed by atoms with Crippen LogP contribution < -0.4 is 24.3 Å². The molecule has 1 aliphatic rings. The topological polar surface area (TPSA) is 103 Å². The molecule has 0 fully saturated rings. The number of hydrogen-bond acceptors (Lipinski definition) is 7. The second-order valence-corrected chi connectivity index (χ2v) is 6.95. The number of nitrogens with one attached hydrogen (secondary N) is 1. The van der Waals surface area contributed by atoms with Gasteiger partial charge in [-0.25, -0.2) is 0 Å². The van der Waals surface area contributed by atoms with Crippen LogP contribution in [0, 0.1) is 0 Å². The van der Waals surface area contributed by atoms with Crippen LogP contribution in [0.2, 0.25) is 0 Å². The number of rotatable bonds is 7. The summed E-state index contributed by atoms with van der Waals surface area (Å²) < 4.78 is 21.5. The zero-order chi connectivity index (χ0) is 22.7. The number of anilines is 1. The molecule has 0 bridgehead atoms. The fourth-order valence-corrected chi connectivity index (χ4v) is 3.69. The Morgan fingerprint density at radius 3 is 2.06 bits per heavy atom. The van der Waals surface area contributed by atoms with E-state index < -0.39 is 11.9 Å². The maximum atomic E-state index is 12.9. The lowest BCUT2D eigenvalue weighted by Crippen LogP contribution is -2.14. The highest BCUT2D eigenvalue weighted by atomic mass is 16.5. The second-order valence-electron chi connectivity index (χ2n) is 6.95. The first kappa shape index (κ1) is 22.2. The first-order valence-corrected chi connectivity index (χ1v) is 9.56. The summed E-state index contributed by atoms with van der Waals surface area (Å²) in [6, 6.07) is 8.55. The van der Waals surface area contributed by atoms with Crippen molar-refractivity contribution in [3.8, 4) is 23.0 Å². The number of amides is 1. The molecule has 1 amide bonds. The minimum Gasteiger partial charge on any atom is -0.495 e. The molecule has 0 spiro atoms. The number of methoxy groups -OCH3 is 4. The number of benzene rings is 2. The summed E-state index contributed by atoms with van der Waals surface area (Å²) in [6.07, 6.45) is -1.04. The molecule has 0 aliphatic heterocycles. The lowest BCUT2D eigenvalue weighted by atomic mass is 9.95. The SMILES string of the molecule is COc1ccc(C2=C(c3cc(OC)c(OC)c(OC)c3)C(=O)C(O)C2)cc1NC(C)=O. The predicted octanol–water partition coefficient (Wildman–Crippen LogP) is 2.92. The van der Waals surface area contributed by atoms with Crippen molar-refractivity contribution in [3.05, 3.63) is 41.5 Å². The Labute approximate surface area is 180 Å². The lowest BCUT2D eigenvalue weighted by molar-refractivity contribution is -0.120. The van der Waals surface area contributed by atoms with Crippen LogP contribution in [0.3, 0.4) is 0 Å². The van der Waals surface area contributed by atoms with E-state index in [0.717, 1.165) is 0 Å². The Morgan fingerprint density at radius 1 is 0.935 bits per heavy atom. The molecule has 164 valence electrons. The molecule has 31 heavy (non-hydrogen) atoms. The Kier molecular flexibility index (Phi) is 6.50. The van der Waals surface area contributed by atoms with Gasteiger partial charge in [-0.15, -0.1) is 0 Å². The fourth-order valence-electron chi connectivity index (χ4n) is 3.69. The standard InChI is InChI=1S/C23H25NO7/c1-12(25)24-16-8-13(6-7-18(16)28-2)15-11-17(26)22(27)21(15)14-9-19(29-3)23(31-5)20(10-14)30-4/h6-10,17,26H,11H2,1-5H3,(H,24,25). The molecular weight excluding hydrogens is 402 g/mol. The zero-order valence-corrected chi connectivity index (χ0v) is 18.1. The number of Topliss-reactive ketones (excluding diaryl/α,β-unsaturated/α-hetero) is 1. The van der Waals surface area contributed by atoms with Crippen LogP contribution in [0.15, 0.2) is 30.3 Å². The van der Waals surface area contributed by atoms with Gasteiger partial charge in [-0.1, -0.05) is 6.07 Å². The zero-order valence-electron chi connectivity index (χ0n) is 18.1. The van der Waals surface area contributed by atoms with Gasteiger partial charge >= 0.3 is 0 Å². The third-order valence-corrected chi connectivity index (χ3v) is 5.06. The smallest absolute Gasteiger partial charge is 0.221 e. The van der Waals surface area contributed by atoms with E-state index in [9.17, 15) is 14.7 Å². The molecule has 1 unspecified atom stereocenters. The van der Waals surface area contributed by atoms with E-state index in [4.69, 9.17) is 18.9 Å². The van der Waals surface area contributed by atoms with Gasteiger partial charge in [0.25, 0.3) is 0 Å². The largest absolute Gasteiger partial charge is 0.495 e. The van der Waals surface area contributed by atoms with Crippen LogP contribution in [0.25, 0.3) is 11.1 Å². The molecule has 0 saturated carbocycles. The van der Waals surface area contributed by atoms with Crippen molar-refractivity contribution in [2.24, 2.45) is 0 Å². The molecule has 3 rings (SSSR count). The monoisotopic (exact) mass is 427 g/mol. The highest BCUT2D eigenvalue weighted by Gasteiger charge is 2.34. The highest BCUT2D eigenvalue weighted by Crippen LogP contribution is 2.45. The van der Waals surface area contributed by atoms with E-state index in [1.54, 1.807) is 30.3 Å². The van der Waals surface area contributed by atoms with Crippen molar-refractivity contribution in [1.29, 1.82) is 0 Å². The van der Waals surface area contributed by atoms with Crippen LogP contribution in [0.1, 0.15) is 24.5 Å². The number of ketones is 1. The average Bonchev–Trinajstić information content (AvgIpc) is 3.06. The Morgan fingerprint density at radius 2 is 1.55 bits per heavy atom. The van der Waals surface area contributed by atoms with Crippen molar-refractivity contribution in [2.45, 2.75) is 19.4 Å². The molecule has 2 aromatic rings. The van der Waals surface area contributed by atoms with Crippen LogP contribution >= 0.6 is 0 Å². The van der Waals surface area contributed by atoms with Gasteiger partial charge < -0.3 is 29.4 Å². The van der Waals surface area contributed by atoms with Gasteiger partial charge in [-0.05, 0) is 41.0 Å². The van der Waals surface area contributed by atoms with E-state index in [1.807, 2.05) is 0 Å². The number of carbonyl (C=O) groups excluding carboxylic acids is 2. The number of aliphatic hydroxyl groups excluding tert-OH is 1. The number of hydrogen-bond donors (Lipinski definition) is 2. The maximum Gasteiger partial charge on any atom is 0.221 e. The Hall–Kier alpha value is -3.52.